The Bertz CT molecular complexity index is 1280. The van der Waals surface area contributed by atoms with Crippen LogP contribution in [-0.2, 0) is 21.7 Å². The summed E-state index contributed by atoms with van der Waals surface area (Å²) in [5.74, 6) is -1.72. The summed E-state index contributed by atoms with van der Waals surface area (Å²) in [5.41, 5.74) is 10.2. The molecular weight excluding hydrogens is 504 g/mol. The molecule has 0 aromatic heterocycles. The third-order valence-electron chi connectivity index (χ3n) is 6.32. The Labute approximate surface area is 227 Å². The third kappa shape index (κ3) is 8.00. The quantitative estimate of drug-likeness (QED) is 0.168. The van der Waals surface area contributed by atoms with Gasteiger partial charge in [0, 0.05) is 40.7 Å². The van der Waals surface area contributed by atoms with Gasteiger partial charge in [-0.25, -0.2) is 0 Å². The van der Waals surface area contributed by atoms with E-state index < -0.39 is 11.8 Å². The maximum atomic E-state index is 11.3. The van der Waals surface area contributed by atoms with E-state index in [2.05, 4.69) is 27.0 Å². The summed E-state index contributed by atoms with van der Waals surface area (Å²) in [5, 5.41) is 16.9. The summed E-state index contributed by atoms with van der Waals surface area (Å²) in [7, 11) is 2.00. The number of carbonyl (C=O) groups excluding carboxylic acids is 3. The second-order valence-corrected chi connectivity index (χ2v) is 9.47. The molecular formula is C28H31ClN6O3. The number of nitriles is 1. The molecule has 9 nitrogen and oxygen atoms in total. The van der Waals surface area contributed by atoms with Crippen molar-refractivity contribution >= 4 is 41.5 Å². The molecule has 0 atom stereocenters. The maximum absolute atomic E-state index is 11.3. The van der Waals surface area contributed by atoms with Crippen LogP contribution in [-0.4, -0.2) is 43.9 Å². The van der Waals surface area contributed by atoms with Gasteiger partial charge < -0.3 is 21.7 Å². The zero-order valence-corrected chi connectivity index (χ0v) is 21.9. The second kappa shape index (κ2) is 13.5. The summed E-state index contributed by atoms with van der Waals surface area (Å²) in [6.07, 6.45) is 8.86. The number of hydrogen-bond acceptors (Lipinski definition) is 7. The third-order valence-corrected chi connectivity index (χ3v) is 6.54. The number of aliphatic imine (C=N–C) groups is 1. The first kappa shape index (κ1) is 28.6. The highest BCUT2D eigenvalue weighted by Gasteiger charge is 2.43. The molecule has 2 fully saturated rings. The number of hydrogen-bond donors (Lipinski definition) is 4. The Hall–Kier alpha value is -4.00. The lowest BCUT2D eigenvalue weighted by Crippen LogP contribution is -2.39. The molecule has 0 aliphatic heterocycles. The van der Waals surface area contributed by atoms with Crippen LogP contribution in [0, 0.1) is 11.3 Å². The van der Waals surface area contributed by atoms with E-state index in [9.17, 15) is 14.4 Å². The number of aldehydes is 1. The highest BCUT2D eigenvalue weighted by atomic mass is 35.5. The van der Waals surface area contributed by atoms with Crippen molar-refractivity contribution in [2.45, 2.75) is 43.8 Å². The van der Waals surface area contributed by atoms with Crippen LogP contribution in [0.2, 0.25) is 5.02 Å². The number of carbonyl (C=O) groups is 3. The monoisotopic (exact) mass is 534 g/mol. The minimum Gasteiger partial charge on any atom is -0.404 e. The smallest absolute Gasteiger partial charge is 0.310 e. The van der Waals surface area contributed by atoms with Gasteiger partial charge in [-0.05, 0) is 67.6 Å². The Morgan fingerprint density at radius 1 is 1.18 bits per heavy atom. The fourth-order valence-electron chi connectivity index (χ4n) is 3.73. The number of nitrogens with one attached hydrogen (secondary N) is 3. The number of allylic oxidation sites excluding steroid dienone is 1. The molecule has 2 amide bonds. The van der Waals surface area contributed by atoms with Crippen molar-refractivity contribution in [3.63, 3.8) is 0 Å². The van der Waals surface area contributed by atoms with Crippen molar-refractivity contribution in [3.05, 3.63) is 75.9 Å². The van der Waals surface area contributed by atoms with E-state index in [-0.39, 0.29) is 18.6 Å². The molecule has 2 aliphatic rings. The van der Waals surface area contributed by atoms with Crippen LogP contribution < -0.4 is 21.7 Å². The van der Waals surface area contributed by atoms with Crippen molar-refractivity contribution in [2.75, 3.05) is 13.6 Å². The molecule has 10 heteroatoms. The van der Waals surface area contributed by atoms with Gasteiger partial charge in [0.2, 0.25) is 0 Å². The minimum atomic E-state index is -0.875. The predicted octanol–water partition coefficient (Wildman–Crippen LogP) is 2.84. The van der Waals surface area contributed by atoms with Gasteiger partial charge in [-0.2, -0.15) is 5.26 Å². The van der Waals surface area contributed by atoms with Crippen molar-refractivity contribution in [3.8, 4) is 6.07 Å². The molecule has 0 saturated heterocycles. The number of nitrogens with zero attached hydrogens (tertiary/aromatic N) is 2. The standard InChI is InChI=1S/C16H20ClN3.C12H11N3O3/c1-19-16(4-5-16)13-6-11(7-14(17)8-13)12(9-18)10-20-15-2-3-15;13-5-6-14-11(17)12(18)15-7-9-3-1-2-4-10(9)8-16/h6-10,15,19H,2-5,18H2,1H3;1-4,8H,6-7H2,(H,14,17)(H,15,18)/b12-9+,20-10?;. The van der Waals surface area contributed by atoms with E-state index in [4.69, 9.17) is 22.6 Å². The van der Waals surface area contributed by atoms with Crippen molar-refractivity contribution in [1.82, 2.24) is 16.0 Å². The molecule has 2 aromatic rings. The van der Waals surface area contributed by atoms with Gasteiger partial charge in [0.25, 0.3) is 0 Å². The molecule has 0 heterocycles. The van der Waals surface area contributed by atoms with Crippen LogP contribution in [0.4, 0.5) is 0 Å². The second-order valence-electron chi connectivity index (χ2n) is 9.03. The fourth-order valence-corrected chi connectivity index (χ4v) is 3.96. The molecule has 5 N–H and O–H groups in total. The highest BCUT2D eigenvalue weighted by Crippen LogP contribution is 2.46. The van der Waals surface area contributed by atoms with Crippen LogP contribution >= 0.6 is 11.6 Å². The largest absolute Gasteiger partial charge is 0.404 e. The molecule has 0 bridgehead atoms. The van der Waals surface area contributed by atoms with Crippen molar-refractivity contribution < 1.29 is 14.4 Å². The number of rotatable bonds is 9. The number of nitrogens with two attached hydrogens (primary N) is 1. The topological polar surface area (TPSA) is 149 Å². The highest BCUT2D eigenvalue weighted by molar-refractivity contribution is 6.35. The Morgan fingerprint density at radius 3 is 2.50 bits per heavy atom. The first-order chi connectivity index (χ1) is 18.4. The molecule has 198 valence electrons. The van der Waals surface area contributed by atoms with E-state index in [1.165, 1.54) is 18.4 Å². The molecule has 4 rings (SSSR count). The van der Waals surface area contributed by atoms with E-state index in [1.54, 1.807) is 36.5 Å². The Balaban J connectivity index is 0.000000212. The molecule has 2 aromatic carbocycles. The van der Waals surface area contributed by atoms with Gasteiger partial charge in [0.15, 0.2) is 0 Å². The Morgan fingerprint density at radius 2 is 1.89 bits per heavy atom. The van der Waals surface area contributed by atoms with E-state index in [1.807, 2.05) is 25.4 Å². The van der Waals surface area contributed by atoms with Gasteiger partial charge in [0.05, 0.1) is 12.1 Å². The maximum Gasteiger partial charge on any atom is 0.310 e. The normalized spacial score (nSPS) is 15.6. The summed E-state index contributed by atoms with van der Waals surface area (Å²) in [6, 6.07) is 15.1. The van der Waals surface area contributed by atoms with Crippen molar-refractivity contribution in [1.29, 1.82) is 5.26 Å². The summed E-state index contributed by atoms with van der Waals surface area (Å²) >= 11 is 6.28. The average Bonchev–Trinajstić information content (AvgIpc) is 3.86. The van der Waals surface area contributed by atoms with Crippen LogP contribution in [0.3, 0.4) is 0 Å². The molecule has 2 aliphatic carbocycles. The van der Waals surface area contributed by atoms with Gasteiger partial charge in [-0.3, -0.25) is 19.4 Å². The fraction of sp³-hybridized carbons (Fsp3) is 0.321. The molecule has 2 saturated carbocycles. The van der Waals surface area contributed by atoms with E-state index in [0.29, 0.717) is 23.5 Å². The van der Waals surface area contributed by atoms with Crippen LogP contribution in [0.5, 0.6) is 0 Å². The summed E-state index contributed by atoms with van der Waals surface area (Å²) in [6.45, 7) is -0.148. The Kier molecular flexibility index (Phi) is 10.2. The lowest BCUT2D eigenvalue weighted by Gasteiger charge is -2.16. The first-order valence-electron chi connectivity index (χ1n) is 12.3. The van der Waals surface area contributed by atoms with Crippen LogP contribution in [0.25, 0.3) is 5.57 Å². The van der Waals surface area contributed by atoms with Gasteiger partial charge in [-0.15, -0.1) is 0 Å². The average molecular weight is 535 g/mol. The van der Waals surface area contributed by atoms with Crippen LogP contribution in [0.1, 0.15) is 52.7 Å². The van der Waals surface area contributed by atoms with Gasteiger partial charge in [-0.1, -0.05) is 35.9 Å². The summed E-state index contributed by atoms with van der Waals surface area (Å²) < 4.78 is 0. The molecule has 0 unspecified atom stereocenters. The lowest BCUT2D eigenvalue weighted by atomic mass is 9.99. The van der Waals surface area contributed by atoms with Gasteiger partial charge >= 0.3 is 11.8 Å². The van der Waals surface area contributed by atoms with Crippen LogP contribution in [0.15, 0.2) is 53.7 Å². The molecule has 0 radical (unpaired) electrons. The van der Waals surface area contributed by atoms with Crippen molar-refractivity contribution in [2.24, 2.45) is 10.7 Å². The summed E-state index contributed by atoms with van der Waals surface area (Å²) in [4.78, 5) is 37.7. The van der Waals surface area contributed by atoms with E-state index in [0.717, 1.165) is 29.0 Å². The first-order valence-corrected chi connectivity index (χ1v) is 12.6. The number of benzene rings is 2. The van der Waals surface area contributed by atoms with E-state index >= 15 is 0 Å². The molecule has 38 heavy (non-hydrogen) atoms. The number of amides is 2. The van der Waals surface area contributed by atoms with Gasteiger partial charge in [0.1, 0.15) is 12.8 Å². The minimum absolute atomic E-state index is 0.0771. The predicted molar refractivity (Wildman–Crippen MR) is 147 cm³/mol. The number of halogens is 1. The zero-order valence-electron chi connectivity index (χ0n) is 21.2. The lowest BCUT2D eigenvalue weighted by molar-refractivity contribution is -0.139. The SMILES string of the molecule is CNC1(c2cc(Cl)cc(/C(C=NC3CC3)=C/N)c2)CC1.N#CCNC(=O)C(=O)NCc1ccccc1C=O. The zero-order chi connectivity index (χ0) is 27.5. The molecule has 0 spiro atoms.